The topological polar surface area (TPSA) is 6.48 Å². The van der Waals surface area contributed by atoms with Crippen LogP contribution in [0.3, 0.4) is 0 Å². The Labute approximate surface area is 256 Å². The van der Waals surface area contributed by atoms with E-state index in [1.165, 1.54) is 30.7 Å². The Kier molecular flexibility index (Phi) is 7.25. The molecule has 0 aromatic heterocycles. The number of benzene rings is 6. The van der Waals surface area contributed by atoms with Gasteiger partial charge in [-0.3, -0.25) is 0 Å². The second-order valence-electron chi connectivity index (χ2n) is 10.5. The first-order valence-electron chi connectivity index (χ1n) is 14.1. The molecule has 0 saturated heterocycles. The molecule has 1 aliphatic rings. The van der Waals surface area contributed by atoms with Gasteiger partial charge in [0.15, 0.2) is 0 Å². The summed E-state index contributed by atoms with van der Waals surface area (Å²) in [5, 5.41) is 0. The molecular weight excluding hydrogens is 549 g/mol. The van der Waals surface area contributed by atoms with Gasteiger partial charge < -0.3 is 9.80 Å². The zero-order valence-corrected chi connectivity index (χ0v) is 25.2. The summed E-state index contributed by atoms with van der Waals surface area (Å²) in [5.74, 6) is 0. The first kappa shape index (κ1) is 26.5. The zero-order chi connectivity index (χ0) is 28.5. The van der Waals surface area contributed by atoms with Gasteiger partial charge in [0.1, 0.15) is 0 Å². The second kappa shape index (κ2) is 11.5. The van der Waals surface area contributed by atoms with E-state index in [0.29, 0.717) is 0 Å². The van der Waals surface area contributed by atoms with Crippen LogP contribution in [-0.4, -0.2) is 0 Å². The smallest absolute Gasteiger partial charge is 0.0473 e. The summed E-state index contributed by atoms with van der Waals surface area (Å²) in [5.41, 5.74) is 9.44. The normalized spacial score (nSPS) is 11.9. The Morgan fingerprint density at radius 2 is 0.667 bits per heavy atom. The van der Waals surface area contributed by atoms with Gasteiger partial charge in [0, 0.05) is 53.7 Å². The largest absolute Gasteiger partial charge is 0.310 e. The summed E-state index contributed by atoms with van der Waals surface area (Å²) in [6.07, 6.45) is 0. The molecule has 2 nitrogen and oxygen atoms in total. The summed E-state index contributed by atoms with van der Waals surface area (Å²) >= 11 is 3.71. The molecule has 6 aromatic rings. The maximum Gasteiger partial charge on any atom is 0.0473 e. The first-order chi connectivity index (χ1) is 20.6. The van der Waals surface area contributed by atoms with E-state index < -0.39 is 0 Å². The van der Waals surface area contributed by atoms with Crippen LogP contribution in [0.25, 0.3) is 0 Å². The molecule has 0 spiro atoms. The second-order valence-corrected chi connectivity index (χ2v) is 12.6. The Bertz CT molecular complexity index is 1700. The van der Waals surface area contributed by atoms with Crippen molar-refractivity contribution in [1.29, 1.82) is 0 Å². The van der Waals surface area contributed by atoms with E-state index in [1.807, 2.05) is 23.5 Å². The molecule has 0 saturated carbocycles. The first-order valence-corrected chi connectivity index (χ1v) is 15.7. The van der Waals surface area contributed by atoms with Crippen LogP contribution in [0, 0.1) is 13.8 Å². The maximum absolute atomic E-state index is 2.34. The molecule has 1 aliphatic heterocycles. The third-order valence-electron chi connectivity index (χ3n) is 7.42. The lowest BCUT2D eigenvalue weighted by Crippen LogP contribution is -2.11. The van der Waals surface area contributed by atoms with Crippen LogP contribution >= 0.6 is 23.5 Å². The highest BCUT2D eigenvalue weighted by Crippen LogP contribution is 2.52. The van der Waals surface area contributed by atoms with Crippen molar-refractivity contribution in [3.8, 4) is 0 Å². The standard InChI is InChI=1S/C38H30N2S2/c1-27-13-17-31(18-14-27)39(29-9-5-3-6-10-29)33-21-23-35-37(25-33)41-36-24-22-34(26-38(36)42-35)40(30-11-7-4-8-12-30)32-19-15-28(2)16-20-32/h3-26H,1-2H3. The van der Waals surface area contributed by atoms with E-state index in [2.05, 4.69) is 169 Å². The van der Waals surface area contributed by atoms with Gasteiger partial charge in [0.05, 0.1) is 0 Å². The molecule has 204 valence electrons. The molecule has 0 N–H and O–H groups in total. The van der Waals surface area contributed by atoms with E-state index in [9.17, 15) is 0 Å². The van der Waals surface area contributed by atoms with Crippen LogP contribution in [-0.2, 0) is 0 Å². The van der Waals surface area contributed by atoms with Crippen LogP contribution in [0.4, 0.5) is 34.1 Å². The molecular formula is C38H30N2S2. The van der Waals surface area contributed by atoms with Crippen molar-refractivity contribution in [1.82, 2.24) is 0 Å². The molecule has 0 radical (unpaired) electrons. The summed E-state index contributed by atoms with van der Waals surface area (Å²) in [6.45, 7) is 4.26. The predicted molar refractivity (Wildman–Crippen MR) is 180 cm³/mol. The molecule has 0 fully saturated rings. The van der Waals surface area contributed by atoms with E-state index in [-0.39, 0.29) is 0 Å². The number of hydrogen-bond acceptors (Lipinski definition) is 4. The van der Waals surface area contributed by atoms with Crippen molar-refractivity contribution >= 4 is 57.6 Å². The summed E-state index contributed by atoms with van der Waals surface area (Å²) in [6, 6.07) is 52.4. The monoisotopic (exact) mass is 578 g/mol. The quantitative estimate of drug-likeness (QED) is 0.193. The van der Waals surface area contributed by atoms with Crippen molar-refractivity contribution in [2.75, 3.05) is 9.80 Å². The van der Waals surface area contributed by atoms with Crippen LogP contribution in [0.5, 0.6) is 0 Å². The fourth-order valence-electron chi connectivity index (χ4n) is 5.27. The molecule has 6 aromatic carbocycles. The van der Waals surface area contributed by atoms with Gasteiger partial charge in [-0.25, -0.2) is 0 Å². The van der Waals surface area contributed by atoms with E-state index in [1.54, 1.807) is 0 Å². The Balaban J connectivity index is 1.24. The molecule has 0 amide bonds. The average molecular weight is 579 g/mol. The van der Waals surface area contributed by atoms with E-state index in [4.69, 9.17) is 0 Å². The fourth-order valence-corrected chi connectivity index (χ4v) is 7.53. The maximum atomic E-state index is 2.34. The number of nitrogens with zero attached hydrogens (tertiary/aromatic N) is 2. The highest BCUT2D eigenvalue weighted by Gasteiger charge is 2.22. The van der Waals surface area contributed by atoms with E-state index >= 15 is 0 Å². The van der Waals surface area contributed by atoms with Crippen LogP contribution in [0.15, 0.2) is 165 Å². The number of rotatable bonds is 6. The van der Waals surface area contributed by atoms with Gasteiger partial charge >= 0.3 is 0 Å². The van der Waals surface area contributed by atoms with Gasteiger partial charge in [0.25, 0.3) is 0 Å². The Morgan fingerprint density at radius 3 is 1.05 bits per heavy atom. The third kappa shape index (κ3) is 5.32. The fraction of sp³-hybridized carbons (Fsp3) is 0.0526. The van der Waals surface area contributed by atoms with Gasteiger partial charge in [-0.2, -0.15) is 0 Å². The summed E-state index contributed by atoms with van der Waals surface area (Å²) < 4.78 is 0. The third-order valence-corrected chi connectivity index (χ3v) is 9.95. The molecule has 7 rings (SSSR count). The van der Waals surface area contributed by atoms with Crippen molar-refractivity contribution in [2.24, 2.45) is 0 Å². The SMILES string of the molecule is Cc1ccc(N(c2ccccc2)c2ccc3c(c2)Sc2ccc(N(c4ccccc4)c4ccc(C)cc4)cc2S3)cc1. The summed E-state index contributed by atoms with van der Waals surface area (Å²) in [7, 11) is 0. The van der Waals surface area contributed by atoms with Crippen LogP contribution in [0.1, 0.15) is 11.1 Å². The Hall–Kier alpha value is -4.38. The predicted octanol–water partition coefficient (Wildman–Crippen LogP) is 11.9. The Morgan fingerprint density at radius 1 is 0.333 bits per heavy atom. The van der Waals surface area contributed by atoms with Gasteiger partial charge in [-0.15, -0.1) is 0 Å². The molecule has 0 bridgehead atoms. The van der Waals surface area contributed by atoms with Crippen molar-refractivity contribution in [2.45, 2.75) is 33.4 Å². The molecule has 1 heterocycles. The van der Waals surface area contributed by atoms with Gasteiger partial charge in [-0.1, -0.05) is 95.3 Å². The highest BCUT2D eigenvalue weighted by atomic mass is 32.2. The van der Waals surface area contributed by atoms with Gasteiger partial charge in [0.2, 0.25) is 0 Å². The molecule has 0 aliphatic carbocycles. The number of hydrogen-bond donors (Lipinski definition) is 0. The minimum Gasteiger partial charge on any atom is -0.310 e. The highest BCUT2D eigenvalue weighted by molar-refractivity contribution is 8.05. The number of aryl methyl sites for hydroxylation is 2. The minimum absolute atomic E-state index is 1.15. The van der Waals surface area contributed by atoms with Gasteiger partial charge in [-0.05, 0) is 98.8 Å². The molecule has 4 heteroatoms. The lowest BCUT2D eigenvalue weighted by atomic mass is 10.1. The number of para-hydroxylation sites is 2. The lowest BCUT2D eigenvalue weighted by molar-refractivity contribution is 1.13. The lowest BCUT2D eigenvalue weighted by Gasteiger charge is -2.29. The van der Waals surface area contributed by atoms with Crippen molar-refractivity contribution in [3.63, 3.8) is 0 Å². The average Bonchev–Trinajstić information content (AvgIpc) is 3.03. The molecule has 42 heavy (non-hydrogen) atoms. The summed E-state index contributed by atoms with van der Waals surface area (Å²) in [4.78, 5) is 9.80. The van der Waals surface area contributed by atoms with E-state index in [0.717, 1.165) is 34.1 Å². The number of fused-ring (bicyclic) bond motifs is 2. The molecule has 0 atom stereocenters. The number of anilines is 6. The zero-order valence-electron chi connectivity index (χ0n) is 23.6. The van der Waals surface area contributed by atoms with Crippen LogP contribution < -0.4 is 9.80 Å². The minimum atomic E-state index is 1.15. The molecule has 0 unspecified atom stereocenters. The van der Waals surface area contributed by atoms with Crippen molar-refractivity contribution in [3.05, 3.63) is 157 Å². The van der Waals surface area contributed by atoms with Crippen molar-refractivity contribution < 1.29 is 0 Å². The van der Waals surface area contributed by atoms with Crippen LogP contribution in [0.2, 0.25) is 0 Å².